The molecule has 0 heterocycles. The quantitative estimate of drug-likeness (QED) is 0.870. The molecule has 2 N–H and O–H groups in total. The van der Waals surface area contributed by atoms with E-state index in [1.165, 1.54) is 19.2 Å². The lowest BCUT2D eigenvalue weighted by atomic mass is 10.2. The Morgan fingerprint density at radius 1 is 1.10 bits per heavy atom. The van der Waals surface area contributed by atoms with Crippen LogP contribution in [0.1, 0.15) is 5.56 Å². The maximum atomic E-state index is 12.4. The number of ether oxygens (including phenoxy) is 2. The largest absolute Gasteiger partial charge is 0.497 e. The molecule has 0 aromatic heterocycles. The van der Waals surface area contributed by atoms with Gasteiger partial charge in [0.2, 0.25) is 0 Å². The van der Waals surface area contributed by atoms with Crippen LogP contribution in [0.4, 0.5) is 26.3 Å². The van der Waals surface area contributed by atoms with Gasteiger partial charge < -0.3 is 15.2 Å². The molecule has 0 spiro atoms. The number of nitrogens with two attached hydrogens (primary N) is 1. The van der Waals surface area contributed by atoms with Crippen LogP contribution in [-0.2, 0) is 6.54 Å². The summed E-state index contributed by atoms with van der Waals surface area (Å²) in [5, 5.41) is 0. The molecule has 0 fully saturated rings. The molecule has 0 bridgehead atoms. The van der Waals surface area contributed by atoms with Crippen LogP contribution in [0, 0.1) is 0 Å². The molecule has 0 aliphatic carbocycles. The molecular formula is C11H11F6NO2. The van der Waals surface area contributed by atoms with E-state index in [2.05, 4.69) is 4.74 Å². The Balaban J connectivity index is 3.17. The molecule has 0 aliphatic heterocycles. The van der Waals surface area contributed by atoms with Gasteiger partial charge in [0.25, 0.3) is 6.10 Å². The third-order valence-corrected chi connectivity index (χ3v) is 2.33. The number of rotatable bonds is 4. The zero-order chi connectivity index (χ0) is 15.6. The van der Waals surface area contributed by atoms with E-state index < -0.39 is 24.2 Å². The molecule has 1 aromatic carbocycles. The van der Waals surface area contributed by atoms with Gasteiger partial charge in [-0.15, -0.1) is 0 Å². The minimum atomic E-state index is -5.59. The van der Waals surface area contributed by atoms with Crippen molar-refractivity contribution in [2.45, 2.75) is 25.0 Å². The molecule has 0 saturated heterocycles. The lowest BCUT2D eigenvalue weighted by molar-refractivity contribution is -0.300. The standard InChI is InChI=1S/C11H11F6NO2/c1-19-7-3-2-6(5-18)8(4-7)20-9(10(12,13)14)11(15,16)17/h2-4,9H,5,18H2,1H3. The smallest absolute Gasteiger partial charge is 0.434 e. The van der Waals surface area contributed by atoms with Crippen LogP contribution in [0.2, 0.25) is 0 Å². The molecule has 1 rings (SSSR count). The molecule has 9 heteroatoms. The average molecular weight is 303 g/mol. The second-order valence-electron chi connectivity index (χ2n) is 3.76. The Bertz CT molecular complexity index is 443. The molecule has 3 nitrogen and oxygen atoms in total. The highest BCUT2D eigenvalue weighted by atomic mass is 19.4. The van der Waals surface area contributed by atoms with E-state index >= 15 is 0 Å². The maximum absolute atomic E-state index is 12.4. The first kappa shape index (κ1) is 16.4. The second kappa shape index (κ2) is 5.78. The van der Waals surface area contributed by atoms with Crippen molar-refractivity contribution in [3.8, 4) is 11.5 Å². The van der Waals surface area contributed by atoms with Gasteiger partial charge in [-0.1, -0.05) is 6.07 Å². The lowest BCUT2D eigenvalue weighted by Crippen LogP contribution is -2.46. The van der Waals surface area contributed by atoms with Gasteiger partial charge >= 0.3 is 12.4 Å². The van der Waals surface area contributed by atoms with Crippen molar-refractivity contribution in [3.63, 3.8) is 0 Å². The van der Waals surface area contributed by atoms with E-state index in [0.717, 1.165) is 6.07 Å². The Labute approximate surface area is 110 Å². The summed E-state index contributed by atoms with van der Waals surface area (Å²) in [6, 6.07) is 3.51. The number of halogens is 6. The number of hydrogen-bond acceptors (Lipinski definition) is 3. The number of benzene rings is 1. The zero-order valence-corrected chi connectivity index (χ0v) is 10.2. The minimum absolute atomic E-state index is 0.00398. The Morgan fingerprint density at radius 3 is 2.05 bits per heavy atom. The number of methoxy groups -OCH3 is 1. The van der Waals surface area contributed by atoms with E-state index in [9.17, 15) is 26.3 Å². The summed E-state index contributed by atoms with van der Waals surface area (Å²) < 4.78 is 83.3. The van der Waals surface area contributed by atoms with Gasteiger partial charge in [-0.3, -0.25) is 0 Å². The predicted octanol–water partition coefficient (Wildman–Crippen LogP) is 3.03. The first-order chi connectivity index (χ1) is 9.09. The third kappa shape index (κ3) is 3.92. The highest BCUT2D eigenvalue weighted by Crippen LogP contribution is 2.38. The Morgan fingerprint density at radius 2 is 1.65 bits per heavy atom. The Hall–Kier alpha value is -1.64. The minimum Gasteiger partial charge on any atom is -0.497 e. The van der Waals surface area contributed by atoms with Crippen LogP contribution in [0.15, 0.2) is 18.2 Å². The third-order valence-electron chi connectivity index (χ3n) is 2.33. The highest BCUT2D eigenvalue weighted by Gasteiger charge is 2.59. The topological polar surface area (TPSA) is 44.5 Å². The van der Waals surface area contributed by atoms with Gasteiger partial charge in [0, 0.05) is 18.2 Å². The van der Waals surface area contributed by atoms with Gasteiger partial charge in [-0.05, 0) is 6.07 Å². The fourth-order valence-corrected chi connectivity index (χ4v) is 1.39. The van der Waals surface area contributed by atoms with Crippen LogP contribution in [0.3, 0.4) is 0 Å². The monoisotopic (exact) mass is 303 g/mol. The van der Waals surface area contributed by atoms with Crippen LogP contribution in [0.5, 0.6) is 11.5 Å². The zero-order valence-electron chi connectivity index (χ0n) is 10.2. The molecule has 0 saturated carbocycles. The summed E-state index contributed by atoms with van der Waals surface area (Å²) >= 11 is 0. The van der Waals surface area contributed by atoms with Crippen molar-refractivity contribution in [3.05, 3.63) is 23.8 Å². The lowest BCUT2D eigenvalue weighted by Gasteiger charge is -2.25. The Kier molecular flexibility index (Phi) is 4.74. The second-order valence-corrected chi connectivity index (χ2v) is 3.76. The SMILES string of the molecule is COc1ccc(CN)c(OC(C(F)(F)F)C(F)(F)F)c1. The first-order valence-corrected chi connectivity index (χ1v) is 5.26. The van der Waals surface area contributed by atoms with Crippen molar-refractivity contribution in [2.24, 2.45) is 5.73 Å². The van der Waals surface area contributed by atoms with Crippen LogP contribution < -0.4 is 15.2 Å². The average Bonchev–Trinajstić information content (AvgIpc) is 2.32. The van der Waals surface area contributed by atoms with Crippen molar-refractivity contribution in [2.75, 3.05) is 7.11 Å². The molecule has 0 amide bonds. The van der Waals surface area contributed by atoms with Crippen molar-refractivity contribution >= 4 is 0 Å². The summed E-state index contributed by atoms with van der Waals surface area (Å²) in [4.78, 5) is 0. The molecular weight excluding hydrogens is 292 g/mol. The van der Waals surface area contributed by atoms with E-state index in [1.807, 2.05) is 0 Å². The van der Waals surface area contributed by atoms with Crippen LogP contribution >= 0.6 is 0 Å². The van der Waals surface area contributed by atoms with Crippen molar-refractivity contribution in [1.29, 1.82) is 0 Å². The molecule has 20 heavy (non-hydrogen) atoms. The van der Waals surface area contributed by atoms with E-state index in [1.54, 1.807) is 0 Å². The molecule has 0 unspecified atom stereocenters. The van der Waals surface area contributed by atoms with Crippen molar-refractivity contribution in [1.82, 2.24) is 0 Å². The summed E-state index contributed by atoms with van der Waals surface area (Å²) in [7, 11) is 1.21. The van der Waals surface area contributed by atoms with E-state index in [0.29, 0.717) is 0 Å². The van der Waals surface area contributed by atoms with Crippen LogP contribution in [0.25, 0.3) is 0 Å². The summed E-state index contributed by atoms with van der Waals surface area (Å²) in [6.07, 6.45) is -15.1. The van der Waals surface area contributed by atoms with Gasteiger partial charge in [-0.25, -0.2) is 0 Å². The molecule has 0 aliphatic rings. The van der Waals surface area contributed by atoms with E-state index in [4.69, 9.17) is 10.5 Å². The molecule has 0 atom stereocenters. The highest BCUT2D eigenvalue weighted by molar-refractivity contribution is 5.41. The van der Waals surface area contributed by atoms with Gasteiger partial charge in [0.1, 0.15) is 11.5 Å². The van der Waals surface area contributed by atoms with Crippen molar-refractivity contribution < 1.29 is 35.8 Å². The molecule has 0 radical (unpaired) electrons. The van der Waals surface area contributed by atoms with Crippen LogP contribution in [-0.4, -0.2) is 25.6 Å². The van der Waals surface area contributed by atoms with Gasteiger partial charge in [0.05, 0.1) is 7.11 Å². The van der Waals surface area contributed by atoms with Gasteiger partial charge in [-0.2, -0.15) is 26.3 Å². The number of hydrogen-bond donors (Lipinski definition) is 1. The van der Waals surface area contributed by atoms with Gasteiger partial charge in [0.15, 0.2) is 0 Å². The normalized spacial score (nSPS) is 12.7. The number of alkyl halides is 6. The summed E-state index contributed by atoms with van der Waals surface area (Å²) in [5.41, 5.74) is 5.26. The summed E-state index contributed by atoms with van der Waals surface area (Å²) in [5.74, 6) is -0.563. The first-order valence-electron chi connectivity index (χ1n) is 5.26. The fraction of sp³-hybridized carbons (Fsp3) is 0.455. The summed E-state index contributed by atoms with van der Waals surface area (Å²) in [6.45, 7) is -0.276. The predicted molar refractivity (Wildman–Crippen MR) is 57.4 cm³/mol. The molecule has 114 valence electrons. The molecule has 1 aromatic rings. The fourth-order valence-electron chi connectivity index (χ4n) is 1.39. The maximum Gasteiger partial charge on any atom is 0.434 e. The van der Waals surface area contributed by atoms with E-state index in [-0.39, 0.29) is 17.9 Å².